The summed E-state index contributed by atoms with van der Waals surface area (Å²) in [6.45, 7) is 9.12. The highest BCUT2D eigenvalue weighted by molar-refractivity contribution is 5.63. The normalized spacial score (nSPS) is 23.3. The Bertz CT molecular complexity index is 1030. The second-order valence-electron chi connectivity index (χ2n) is 9.57. The van der Waals surface area contributed by atoms with Gasteiger partial charge in [-0.15, -0.1) is 0 Å². The molecule has 2 aromatic heterocycles. The van der Waals surface area contributed by atoms with Crippen LogP contribution in [0.15, 0.2) is 36.2 Å². The first-order valence-electron chi connectivity index (χ1n) is 11.4. The molecule has 0 bridgehead atoms. The lowest BCUT2D eigenvalue weighted by Gasteiger charge is -2.41. The summed E-state index contributed by atoms with van der Waals surface area (Å²) in [6, 6.07) is 6.37. The number of pyridine rings is 1. The summed E-state index contributed by atoms with van der Waals surface area (Å²) in [7, 11) is 0. The largest absolute Gasteiger partial charge is 0.353 e. The number of rotatable bonds is 4. The molecule has 2 saturated heterocycles. The van der Waals surface area contributed by atoms with Gasteiger partial charge in [0.25, 0.3) is 0 Å². The monoisotopic (exact) mass is 414 g/mol. The van der Waals surface area contributed by atoms with Crippen LogP contribution in [-0.4, -0.2) is 52.6 Å². The molecule has 2 fully saturated rings. The van der Waals surface area contributed by atoms with E-state index in [1.54, 1.807) is 6.20 Å². The van der Waals surface area contributed by atoms with E-state index in [9.17, 15) is 5.26 Å². The molecule has 0 N–H and O–H groups in total. The summed E-state index contributed by atoms with van der Waals surface area (Å²) in [4.78, 5) is 19.3. The van der Waals surface area contributed by atoms with Crippen LogP contribution < -0.4 is 4.90 Å². The van der Waals surface area contributed by atoms with E-state index in [-0.39, 0.29) is 11.3 Å². The molecule has 2 aliphatic heterocycles. The van der Waals surface area contributed by atoms with Crippen molar-refractivity contribution in [1.29, 1.82) is 5.26 Å². The third kappa shape index (κ3) is 3.72. The highest BCUT2D eigenvalue weighted by Crippen LogP contribution is 2.47. The number of allylic oxidation sites excluding steroid dienone is 1. The van der Waals surface area contributed by atoms with E-state index in [2.05, 4.69) is 40.8 Å². The molecule has 1 aliphatic carbocycles. The van der Waals surface area contributed by atoms with Crippen LogP contribution in [0.5, 0.6) is 0 Å². The standard InChI is InChI=1S/C25H30N6/c1-18(2)7-12-30-11-4-8-25(17-30)9-6-21-22(25)28-23(20-5-3-10-27-14-20)29-24(21)31-15-19(13-26)16-31/h3,5,7,10,14,19H,4,6,8-9,11-12,15-17H2,1-2H3. The smallest absolute Gasteiger partial charge is 0.163 e. The fraction of sp³-hybridized carbons (Fsp3) is 0.520. The first kappa shape index (κ1) is 20.1. The van der Waals surface area contributed by atoms with Crippen molar-refractivity contribution in [2.24, 2.45) is 5.92 Å². The van der Waals surface area contributed by atoms with Gasteiger partial charge in [0.1, 0.15) is 5.82 Å². The van der Waals surface area contributed by atoms with Crippen molar-refractivity contribution < 1.29 is 0 Å². The van der Waals surface area contributed by atoms with Gasteiger partial charge in [0.2, 0.25) is 0 Å². The van der Waals surface area contributed by atoms with Crippen molar-refractivity contribution in [1.82, 2.24) is 19.9 Å². The van der Waals surface area contributed by atoms with Crippen LogP contribution in [0.1, 0.15) is 44.4 Å². The Morgan fingerprint density at radius 3 is 2.90 bits per heavy atom. The van der Waals surface area contributed by atoms with Crippen LogP contribution >= 0.6 is 0 Å². The number of piperidine rings is 1. The van der Waals surface area contributed by atoms with Crippen LogP contribution in [0.4, 0.5) is 5.82 Å². The highest BCUT2D eigenvalue weighted by Gasteiger charge is 2.46. The highest BCUT2D eigenvalue weighted by atomic mass is 15.3. The lowest BCUT2D eigenvalue weighted by Crippen LogP contribution is -2.47. The summed E-state index contributed by atoms with van der Waals surface area (Å²) in [6.07, 6.45) is 10.5. The Kier molecular flexibility index (Phi) is 5.23. The SMILES string of the molecule is CC(C)=CCN1CCCC2(CCc3c(N4CC(C#N)C4)nc(-c4cccnc4)nc32)C1. The van der Waals surface area contributed by atoms with Gasteiger partial charge in [-0.2, -0.15) is 5.26 Å². The molecule has 4 heterocycles. The van der Waals surface area contributed by atoms with E-state index < -0.39 is 0 Å². The van der Waals surface area contributed by atoms with Crippen LogP contribution in [0.3, 0.4) is 0 Å². The van der Waals surface area contributed by atoms with E-state index in [4.69, 9.17) is 9.97 Å². The number of aromatic nitrogens is 3. The molecule has 5 rings (SSSR count). The molecule has 0 saturated carbocycles. The van der Waals surface area contributed by atoms with Crippen molar-refractivity contribution >= 4 is 5.82 Å². The predicted octanol–water partition coefficient (Wildman–Crippen LogP) is 3.74. The van der Waals surface area contributed by atoms with Gasteiger partial charge in [0.05, 0.1) is 17.7 Å². The summed E-state index contributed by atoms with van der Waals surface area (Å²) in [5, 5.41) is 9.27. The Morgan fingerprint density at radius 2 is 2.16 bits per heavy atom. The fourth-order valence-corrected chi connectivity index (χ4v) is 5.33. The molecule has 6 heteroatoms. The molecule has 1 unspecified atom stereocenters. The van der Waals surface area contributed by atoms with Crippen LogP contribution in [0.25, 0.3) is 11.4 Å². The van der Waals surface area contributed by atoms with Gasteiger partial charge < -0.3 is 4.90 Å². The molecule has 6 nitrogen and oxygen atoms in total. The molecular weight excluding hydrogens is 384 g/mol. The number of nitrogens with zero attached hydrogens (tertiary/aromatic N) is 6. The minimum Gasteiger partial charge on any atom is -0.353 e. The minimum atomic E-state index is 0.108. The van der Waals surface area contributed by atoms with Gasteiger partial charge in [0, 0.05) is 55.1 Å². The molecule has 1 atom stereocenters. The number of nitriles is 1. The van der Waals surface area contributed by atoms with E-state index in [0.29, 0.717) is 0 Å². The predicted molar refractivity (Wildman–Crippen MR) is 122 cm³/mol. The van der Waals surface area contributed by atoms with Crippen LogP contribution in [-0.2, 0) is 11.8 Å². The minimum absolute atomic E-state index is 0.108. The van der Waals surface area contributed by atoms with Gasteiger partial charge in [-0.1, -0.05) is 11.6 Å². The molecule has 31 heavy (non-hydrogen) atoms. The Morgan fingerprint density at radius 1 is 1.29 bits per heavy atom. The number of likely N-dealkylation sites (tertiary alicyclic amines) is 1. The maximum Gasteiger partial charge on any atom is 0.163 e. The summed E-state index contributed by atoms with van der Waals surface area (Å²) in [5.41, 5.74) is 5.01. The summed E-state index contributed by atoms with van der Waals surface area (Å²) in [5.74, 6) is 1.93. The van der Waals surface area contributed by atoms with Crippen molar-refractivity contribution in [3.05, 3.63) is 47.4 Å². The molecule has 0 amide bonds. The third-order valence-electron chi connectivity index (χ3n) is 7.04. The zero-order valence-corrected chi connectivity index (χ0v) is 18.5. The molecule has 1 spiro atoms. The van der Waals surface area contributed by atoms with Crippen molar-refractivity contribution in [2.45, 2.75) is 44.9 Å². The number of anilines is 1. The summed E-state index contributed by atoms with van der Waals surface area (Å²) >= 11 is 0. The Balaban J connectivity index is 1.54. The maximum atomic E-state index is 9.27. The second kappa shape index (κ2) is 8.05. The molecule has 3 aliphatic rings. The van der Waals surface area contributed by atoms with E-state index >= 15 is 0 Å². The average molecular weight is 415 g/mol. The Hall–Kier alpha value is -2.78. The summed E-state index contributed by atoms with van der Waals surface area (Å²) < 4.78 is 0. The van der Waals surface area contributed by atoms with Crippen LogP contribution in [0.2, 0.25) is 0 Å². The van der Waals surface area contributed by atoms with Crippen LogP contribution in [0, 0.1) is 17.2 Å². The van der Waals surface area contributed by atoms with E-state index in [1.165, 1.54) is 29.7 Å². The fourth-order valence-electron chi connectivity index (χ4n) is 5.33. The van der Waals surface area contributed by atoms with Gasteiger partial charge in [-0.3, -0.25) is 9.88 Å². The maximum absolute atomic E-state index is 9.27. The van der Waals surface area contributed by atoms with Gasteiger partial charge >= 0.3 is 0 Å². The zero-order valence-electron chi connectivity index (χ0n) is 18.5. The molecule has 2 aromatic rings. The van der Waals surface area contributed by atoms with E-state index in [1.807, 2.05) is 18.3 Å². The van der Waals surface area contributed by atoms with Crippen molar-refractivity contribution in [3.8, 4) is 17.5 Å². The van der Waals surface area contributed by atoms with Gasteiger partial charge in [0.15, 0.2) is 5.82 Å². The second-order valence-corrected chi connectivity index (χ2v) is 9.57. The average Bonchev–Trinajstić information content (AvgIpc) is 3.10. The van der Waals surface area contributed by atoms with Crippen molar-refractivity contribution in [2.75, 3.05) is 37.6 Å². The number of hydrogen-bond acceptors (Lipinski definition) is 6. The molecule has 0 radical (unpaired) electrons. The lowest BCUT2D eigenvalue weighted by molar-refractivity contribution is 0.156. The number of hydrogen-bond donors (Lipinski definition) is 0. The third-order valence-corrected chi connectivity index (χ3v) is 7.04. The topological polar surface area (TPSA) is 68.9 Å². The first-order valence-corrected chi connectivity index (χ1v) is 11.4. The molecule has 160 valence electrons. The first-order chi connectivity index (χ1) is 15.1. The van der Waals surface area contributed by atoms with E-state index in [0.717, 1.165) is 62.8 Å². The quantitative estimate of drug-likeness (QED) is 0.710. The number of fused-ring (bicyclic) bond motifs is 2. The zero-order chi connectivity index (χ0) is 21.4. The molecular formula is C25H30N6. The Labute approximate surface area is 184 Å². The van der Waals surface area contributed by atoms with Gasteiger partial charge in [-0.25, -0.2) is 9.97 Å². The lowest BCUT2D eigenvalue weighted by atomic mass is 9.77. The van der Waals surface area contributed by atoms with Gasteiger partial charge in [-0.05, 0) is 58.2 Å². The van der Waals surface area contributed by atoms with Crippen molar-refractivity contribution in [3.63, 3.8) is 0 Å². The molecule has 0 aromatic carbocycles.